The van der Waals surface area contributed by atoms with E-state index in [-0.39, 0.29) is 11.8 Å². The van der Waals surface area contributed by atoms with E-state index >= 15 is 0 Å². The lowest BCUT2D eigenvalue weighted by atomic mass is 10.1. The van der Waals surface area contributed by atoms with E-state index in [4.69, 9.17) is 4.99 Å². The molecule has 30 heavy (non-hydrogen) atoms. The SMILES string of the molecule is CC1/C=C\c2sc(C(=O)N3CCNCC3)cc2C/N=C(NCc2ccccc2)\N=C/1. The van der Waals surface area contributed by atoms with Crippen LogP contribution < -0.4 is 10.6 Å². The number of hydrogen-bond acceptors (Lipinski definition) is 6. The third-order valence-electron chi connectivity index (χ3n) is 5.13. The van der Waals surface area contributed by atoms with Gasteiger partial charge in [0.15, 0.2) is 0 Å². The summed E-state index contributed by atoms with van der Waals surface area (Å²) in [6.07, 6.45) is 6.12. The Labute approximate surface area is 181 Å². The van der Waals surface area contributed by atoms with E-state index in [9.17, 15) is 4.79 Å². The van der Waals surface area contributed by atoms with Gasteiger partial charge in [0.2, 0.25) is 5.96 Å². The maximum Gasteiger partial charge on any atom is 0.264 e. The minimum absolute atomic E-state index is 0.118. The largest absolute Gasteiger partial charge is 0.350 e. The second kappa shape index (κ2) is 9.82. The van der Waals surface area contributed by atoms with Gasteiger partial charge in [-0.1, -0.05) is 43.3 Å². The Kier molecular flexibility index (Phi) is 6.71. The molecule has 0 spiro atoms. The first-order valence-corrected chi connectivity index (χ1v) is 11.2. The predicted octanol–water partition coefficient (Wildman–Crippen LogP) is 3.17. The Hall–Kier alpha value is -2.77. The predicted molar refractivity (Wildman–Crippen MR) is 124 cm³/mol. The first kappa shape index (κ1) is 20.5. The molecule has 7 heteroatoms. The number of amides is 1. The van der Waals surface area contributed by atoms with Crippen molar-refractivity contribution in [3.05, 3.63) is 63.4 Å². The van der Waals surface area contributed by atoms with Gasteiger partial charge in [0.1, 0.15) is 0 Å². The molecule has 0 saturated carbocycles. The molecule has 1 aromatic carbocycles. The lowest BCUT2D eigenvalue weighted by Crippen LogP contribution is -2.46. The summed E-state index contributed by atoms with van der Waals surface area (Å²) >= 11 is 1.56. The molecule has 3 heterocycles. The van der Waals surface area contributed by atoms with Gasteiger partial charge in [-0.15, -0.1) is 11.3 Å². The van der Waals surface area contributed by atoms with Crippen molar-refractivity contribution >= 4 is 35.5 Å². The Morgan fingerprint density at radius 2 is 2.07 bits per heavy atom. The molecule has 1 atom stereocenters. The van der Waals surface area contributed by atoms with Gasteiger partial charge in [0.25, 0.3) is 5.91 Å². The average Bonchev–Trinajstić information content (AvgIpc) is 3.21. The summed E-state index contributed by atoms with van der Waals surface area (Å²) in [5.74, 6) is 0.912. The summed E-state index contributed by atoms with van der Waals surface area (Å²) in [4.78, 5) is 26.0. The molecule has 0 radical (unpaired) electrons. The van der Waals surface area contributed by atoms with Crippen LogP contribution >= 0.6 is 11.3 Å². The van der Waals surface area contributed by atoms with Crippen molar-refractivity contribution in [2.45, 2.75) is 20.0 Å². The molecule has 6 nitrogen and oxygen atoms in total. The molecule has 1 unspecified atom stereocenters. The van der Waals surface area contributed by atoms with E-state index < -0.39 is 0 Å². The van der Waals surface area contributed by atoms with Crippen molar-refractivity contribution in [3.63, 3.8) is 0 Å². The first-order chi connectivity index (χ1) is 14.7. The van der Waals surface area contributed by atoms with Gasteiger partial charge in [-0.3, -0.25) is 4.79 Å². The van der Waals surface area contributed by atoms with E-state index in [1.165, 1.54) is 5.56 Å². The Morgan fingerprint density at radius 3 is 2.87 bits per heavy atom. The average molecular weight is 422 g/mol. The highest BCUT2D eigenvalue weighted by Gasteiger charge is 2.21. The quantitative estimate of drug-likeness (QED) is 0.800. The van der Waals surface area contributed by atoms with Crippen LogP contribution in [0.25, 0.3) is 6.08 Å². The van der Waals surface area contributed by atoms with Gasteiger partial charge < -0.3 is 15.5 Å². The van der Waals surface area contributed by atoms with E-state index in [1.54, 1.807) is 11.3 Å². The Bertz CT molecular complexity index is 957. The summed E-state index contributed by atoms with van der Waals surface area (Å²) in [6.45, 7) is 6.48. The molecule has 0 bridgehead atoms. The van der Waals surface area contributed by atoms with Crippen molar-refractivity contribution in [1.82, 2.24) is 15.5 Å². The van der Waals surface area contributed by atoms with Crippen LogP contribution in [0, 0.1) is 5.92 Å². The number of piperazine rings is 1. The number of rotatable bonds is 3. The van der Waals surface area contributed by atoms with Crippen LogP contribution in [-0.2, 0) is 13.1 Å². The fraction of sp³-hybridized carbons (Fsp3) is 0.348. The van der Waals surface area contributed by atoms with Crippen LogP contribution in [0.5, 0.6) is 0 Å². The highest BCUT2D eigenvalue weighted by Crippen LogP contribution is 2.27. The van der Waals surface area contributed by atoms with Crippen LogP contribution in [0.2, 0.25) is 0 Å². The zero-order valence-electron chi connectivity index (χ0n) is 17.2. The third kappa shape index (κ3) is 5.23. The summed E-state index contributed by atoms with van der Waals surface area (Å²) < 4.78 is 0. The van der Waals surface area contributed by atoms with Crippen LogP contribution in [-0.4, -0.2) is 49.2 Å². The maximum absolute atomic E-state index is 12.9. The van der Waals surface area contributed by atoms with Gasteiger partial charge in [-0.25, -0.2) is 9.98 Å². The highest BCUT2D eigenvalue weighted by molar-refractivity contribution is 7.15. The maximum atomic E-state index is 12.9. The molecule has 1 amide bonds. The van der Waals surface area contributed by atoms with Gasteiger partial charge in [-0.2, -0.15) is 0 Å². The van der Waals surface area contributed by atoms with Crippen LogP contribution in [0.4, 0.5) is 0 Å². The fourth-order valence-electron chi connectivity index (χ4n) is 3.39. The minimum atomic E-state index is 0.118. The third-order valence-corrected chi connectivity index (χ3v) is 6.26. The second-order valence-corrected chi connectivity index (χ2v) is 8.60. The minimum Gasteiger partial charge on any atom is -0.350 e. The van der Waals surface area contributed by atoms with Crippen molar-refractivity contribution in [1.29, 1.82) is 0 Å². The number of carbonyl (C=O) groups excluding carboxylic acids is 1. The molecule has 1 fully saturated rings. The number of hydrogen-bond donors (Lipinski definition) is 2. The smallest absolute Gasteiger partial charge is 0.264 e. The van der Waals surface area contributed by atoms with Gasteiger partial charge >= 0.3 is 0 Å². The lowest BCUT2D eigenvalue weighted by Gasteiger charge is -2.26. The monoisotopic (exact) mass is 421 g/mol. The molecule has 156 valence electrons. The molecule has 4 rings (SSSR count). The lowest BCUT2D eigenvalue weighted by molar-refractivity contribution is 0.0740. The van der Waals surface area contributed by atoms with E-state index in [1.807, 2.05) is 35.4 Å². The number of thiophene rings is 1. The van der Waals surface area contributed by atoms with Crippen molar-refractivity contribution in [2.24, 2.45) is 15.9 Å². The number of fused-ring (bicyclic) bond motifs is 1. The molecule has 2 aliphatic heterocycles. The van der Waals surface area contributed by atoms with E-state index in [2.05, 4.69) is 46.8 Å². The van der Waals surface area contributed by atoms with Crippen LogP contribution in [0.1, 0.15) is 32.6 Å². The number of nitrogens with zero attached hydrogens (tertiary/aromatic N) is 3. The molecular weight excluding hydrogens is 394 g/mol. The number of nitrogens with one attached hydrogen (secondary N) is 2. The van der Waals surface area contributed by atoms with Crippen LogP contribution in [0.3, 0.4) is 0 Å². The van der Waals surface area contributed by atoms with Gasteiger partial charge in [0, 0.05) is 49.7 Å². The highest BCUT2D eigenvalue weighted by atomic mass is 32.1. The first-order valence-electron chi connectivity index (χ1n) is 10.4. The zero-order chi connectivity index (χ0) is 20.8. The molecular formula is C23H27N5OS. The number of allylic oxidation sites excluding steroid dienone is 1. The number of guanidine groups is 1. The molecule has 1 saturated heterocycles. The van der Waals surface area contributed by atoms with Crippen molar-refractivity contribution in [3.8, 4) is 0 Å². The number of carbonyl (C=O) groups is 1. The molecule has 0 aliphatic carbocycles. The van der Waals surface area contributed by atoms with Gasteiger partial charge in [0.05, 0.1) is 11.4 Å². The number of aliphatic imine (C=N–C) groups is 2. The summed E-state index contributed by atoms with van der Waals surface area (Å²) in [6, 6.07) is 12.2. The summed E-state index contributed by atoms with van der Waals surface area (Å²) in [5.41, 5.74) is 2.25. The fourth-order valence-corrected chi connectivity index (χ4v) is 4.45. The Balaban J connectivity index is 1.53. The molecule has 2 N–H and O–H groups in total. The topological polar surface area (TPSA) is 69.1 Å². The Morgan fingerprint density at radius 1 is 1.27 bits per heavy atom. The summed E-state index contributed by atoms with van der Waals surface area (Å²) in [5, 5.41) is 6.63. The normalized spacial score (nSPS) is 23.0. The molecule has 1 aromatic heterocycles. The number of benzene rings is 1. The van der Waals surface area contributed by atoms with Crippen molar-refractivity contribution in [2.75, 3.05) is 26.2 Å². The van der Waals surface area contributed by atoms with E-state index in [0.717, 1.165) is 41.5 Å². The second-order valence-electron chi connectivity index (χ2n) is 7.52. The molecule has 2 aromatic rings. The zero-order valence-corrected chi connectivity index (χ0v) is 18.0. The molecule has 2 aliphatic rings. The standard InChI is InChI=1S/C23H27N5OS/c1-17-7-8-20-19(13-21(30-20)22(29)28-11-9-24-10-12-28)16-27-23(25-14-17)26-15-18-5-3-2-4-6-18/h2-8,13-14,17,24H,9-12,15-16H2,1H3,(H,26,27)/b8-7-,25-14-. The van der Waals surface area contributed by atoms with Crippen molar-refractivity contribution < 1.29 is 4.79 Å². The van der Waals surface area contributed by atoms with Gasteiger partial charge in [-0.05, 0) is 23.3 Å². The summed E-state index contributed by atoms with van der Waals surface area (Å²) in [7, 11) is 0. The van der Waals surface area contributed by atoms with E-state index in [0.29, 0.717) is 19.0 Å². The van der Waals surface area contributed by atoms with Crippen LogP contribution in [0.15, 0.2) is 52.5 Å².